The van der Waals surface area contributed by atoms with E-state index in [0.717, 1.165) is 0 Å². The first-order valence-corrected chi connectivity index (χ1v) is 6.02. The van der Waals surface area contributed by atoms with E-state index in [1.165, 1.54) is 6.92 Å². The smallest absolute Gasteiger partial charge is 0.332 e. The van der Waals surface area contributed by atoms with Gasteiger partial charge in [-0.1, -0.05) is 0 Å². The van der Waals surface area contributed by atoms with Gasteiger partial charge in [0.25, 0.3) is 0 Å². The van der Waals surface area contributed by atoms with Crippen LogP contribution in [0.3, 0.4) is 0 Å². The summed E-state index contributed by atoms with van der Waals surface area (Å²) in [5.74, 6) is -0.00498. The van der Waals surface area contributed by atoms with E-state index in [2.05, 4.69) is 15.3 Å². The molecule has 106 valence electrons. The molecule has 19 heavy (non-hydrogen) atoms. The molecule has 0 bridgehead atoms. The lowest BCUT2D eigenvalue weighted by Gasteiger charge is -2.38. The predicted molar refractivity (Wildman–Crippen MR) is 72.4 cm³/mol. The van der Waals surface area contributed by atoms with Crippen molar-refractivity contribution in [1.82, 2.24) is 9.97 Å². The van der Waals surface area contributed by atoms with Crippen LogP contribution in [0.1, 0.15) is 33.4 Å². The van der Waals surface area contributed by atoms with Crippen LogP contribution in [-0.4, -0.2) is 31.1 Å². The molecule has 0 aliphatic heterocycles. The maximum absolute atomic E-state index is 11.1. The van der Waals surface area contributed by atoms with Crippen LogP contribution >= 0.6 is 11.6 Å². The molecule has 1 aromatic heterocycles. The number of nitro groups is 1. The first-order valence-electron chi connectivity index (χ1n) is 5.65. The van der Waals surface area contributed by atoms with Gasteiger partial charge in [0.15, 0.2) is 0 Å². The van der Waals surface area contributed by atoms with E-state index < -0.39 is 16.1 Å². The van der Waals surface area contributed by atoms with Gasteiger partial charge in [-0.3, -0.25) is 10.1 Å². The molecule has 0 saturated carbocycles. The highest BCUT2D eigenvalue weighted by atomic mass is 35.5. The summed E-state index contributed by atoms with van der Waals surface area (Å²) < 4.78 is 0. The minimum atomic E-state index is -1.12. The number of anilines is 1. The lowest BCUT2D eigenvalue weighted by molar-refractivity contribution is -0.385. The molecular weight excluding hydrogens is 272 g/mol. The van der Waals surface area contributed by atoms with Crippen molar-refractivity contribution in [3.63, 3.8) is 0 Å². The van der Waals surface area contributed by atoms with Gasteiger partial charge in [0.1, 0.15) is 5.69 Å². The molecule has 7 nitrogen and oxygen atoms in total. The van der Waals surface area contributed by atoms with Crippen molar-refractivity contribution in [2.24, 2.45) is 0 Å². The van der Waals surface area contributed by atoms with Crippen LogP contribution in [-0.2, 0) is 0 Å². The van der Waals surface area contributed by atoms with Crippen molar-refractivity contribution in [2.45, 2.75) is 45.8 Å². The minimum absolute atomic E-state index is 0.00498. The Morgan fingerprint density at radius 1 is 1.32 bits per heavy atom. The molecule has 0 amide bonds. The molecule has 0 aromatic carbocycles. The molecule has 0 aliphatic rings. The van der Waals surface area contributed by atoms with Crippen LogP contribution in [0.15, 0.2) is 0 Å². The van der Waals surface area contributed by atoms with E-state index in [9.17, 15) is 15.2 Å². The number of hydrogen-bond donors (Lipinski definition) is 2. The lowest BCUT2D eigenvalue weighted by Crippen LogP contribution is -2.51. The van der Waals surface area contributed by atoms with Gasteiger partial charge in [-0.2, -0.15) is 4.98 Å². The Kier molecular flexibility index (Phi) is 4.02. The molecular formula is C11H17ClN4O3. The van der Waals surface area contributed by atoms with Crippen molar-refractivity contribution in [1.29, 1.82) is 0 Å². The number of aryl methyl sites for hydroxylation is 1. The Bertz CT molecular complexity index is 511. The molecule has 0 fully saturated rings. The average Bonchev–Trinajstić information content (AvgIpc) is 2.12. The third-order valence-electron chi connectivity index (χ3n) is 3.17. The molecule has 2 N–H and O–H groups in total. The first-order chi connectivity index (χ1) is 8.45. The molecule has 0 radical (unpaired) electrons. The lowest BCUT2D eigenvalue weighted by atomic mass is 9.86. The summed E-state index contributed by atoms with van der Waals surface area (Å²) in [5, 5.41) is 23.9. The fourth-order valence-corrected chi connectivity index (χ4v) is 1.50. The summed E-state index contributed by atoms with van der Waals surface area (Å²) in [7, 11) is 0. The highest BCUT2D eigenvalue weighted by Crippen LogP contribution is 2.32. The molecule has 8 heteroatoms. The summed E-state index contributed by atoms with van der Waals surface area (Å²) in [6.07, 6.45) is 0. The number of nitrogens with zero attached hydrogens (tertiary/aromatic N) is 3. The van der Waals surface area contributed by atoms with E-state index in [1.54, 1.807) is 27.7 Å². The zero-order chi connectivity index (χ0) is 15.0. The van der Waals surface area contributed by atoms with Crippen LogP contribution in [0.5, 0.6) is 0 Å². The van der Waals surface area contributed by atoms with Crippen LogP contribution < -0.4 is 5.32 Å². The number of rotatable bonds is 4. The topological polar surface area (TPSA) is 101 Å². The Morgan fingerprint density at radius 2 is 1.84 bits per heavy atom. The van der Waals surface area contributed by atoms with Crippen LogP contribution in [0.2, 0.25) is 5.28 Å². The summed E-state index contributed by atoms with van der Waals surface area (Å²) in [4.78, 5) is 18.1. The Hall–Kier alpha value is -1.47. The second kappa shape index (κ2) is 4.90. The number of aliphatic hydroxyl groups is 1. The average molecular weight is 289 g/mol. The molecule has 1 rings (SSSR count). The fraction of sp³-hybridized carbons (Fsp3) is 0.636. The van der Waals surface area contributed by atoms with Gasteiger partial charge in [-0.05, 0) is 46.2 Å². The number of aromatic nitrogens is 2. The van der Waals surface area contributed by atoms with E-state index >= 15 is 0 Å². The van der Waals surface area contributed by atoms with E-state index in [1.807, 2.05) is 0 Å². The SMILES string of the molecule is Cc1nc(Cl)nc(NC(C)(C)C(C)(C)O)c1[N+](=O)[O-]. The summed E-state index contributed by atoms with van der Waals surface area (Å²) >= 11 is 5.72. The maximum atomic E-state index is 11.1. The second-order valence-corrected chi connectivity index (χ2v) is 5.68. The van der Waals surface area contributed by atoms with Gasteiger partial charge < -0.3 is 10.4 Å². The summed E-state index contributed by atoms with van der Waals surface area (Å²) in [5.41, 5.74) is -2.05. The van der Waals surface area contributed by atoms with Gasteiger partial charge in [0.05, 0.1) is 16.1 Å². The second-order valence-electron chi connectivity index (χ2n) is 5.34. The quantitative estimate of drug-likeness (QED) is 0.501. The van der Waals surface area contributed by atoms with Crippen molar-refractivity contribution < 1.29 is 10.0 Å². The maximum Gasteiger partial charge on any atom is 0.332 e. The van der Waals surface area contributed by atoms with Crippen molar-refractivity contribution in [2.75, 3.05) is 5.32 Å². The van der Waals surface area contributed by atoms with Gasteiger partial charge in [-0.15, -0.1) is 0 Å². The Morgan fingerprint density at radius 3 is 2.26 bits per heavy atom. The monoisotopic (exact) mass is 288 g/mol. The Balaban J connectivity index is 3.32. The number of nitrogens with one attached hydrogen (secondary N) is 1. The third kappa shape index (κ3) is 3.30. The normalized spacial score (nSPS) is 12.4. The fourth-order valence-electron chi connectivity index (χ4n) is 1.29. The standard InChI is InChI=1S/C11H17ClN4O3/c1-6-7(16(18)19)8(14-9(12)13-6)15-10(2,3)11(4,5)17/h17H,1-5H3,(H,13,14,15). The zero-order valence-electron chi connectivity index (χ0n) is 11.5. The molecule has 1 heterocycles. The highest BCUT2D eigenvalue weighted by molar-refractivity contribution is 6.28. The Labute approximate surface area is 116 Å². The third-order valence-corrected chi connectivity index (χ3v) is 3.34. The van der Waals surface area contributed by atoms with Crippen LogP contribution in [0, 0.1) is 17.0 Å². The number of hydrogen-bond acceptors (Lipinski definition) is 6. The molecule has 1 aromatic rings. The zero-order valence-corrected chi connectivity index (χ0v) is 12.2. The van der Waals surface area contributed by atoms with Gasteiger partial charge in [0.2, 0.25) is 11.1 Å². The molecule has 0 saturated heterocycles. The molecule has 0 aliphatic carbocycles. The predicted octanol–water partition coefficient (Wildman–Crippen LogP) is 2.31. The molecule has 0 unspecified atom stereocenters. The molecule has 0 spiro atoms. The van der Waals surface area contributed by atoms with E-state index in [-0.39, 0.29) is 22.5 Å². The van der Waals surface area contributed by atoms with Crippen molar-refractivity contribution in [3.05, 3.63) is 21.1 Å². The van der Waals surface area contributed by atoms with Crippen LogP contribution in [0.25, 0.3) is 0 Å². The minimum Gasteiger partial charge on any atom is -0.388 e. The summed E-state index contributed by atoms with van der Waals surface area (Å²) in [6, 6.07) is 0. The van der Waals surface area contributed by atoms with Gasteiger partial charge in [-0.25, -0.2) is 4.98 Å². The first kappa shape index (κ1) is 15.6. The van der Waals surface area contributed by atoms with E-state index in [0.29, 0.717) is 0 Å². The van der Waals surface area contributed by atoms with Crippen molar-refractivity contribution in [3.8, 4) is 0 Å². The largest absolute Gasteiger partial charge is 0.388 e. The van der Waals surface area contributed by atoms with Crippen molar-refractivity contribution >= 4 is 23.1 Å². The highest BCUT2D eigenvalue weighted by Gasteiger charge is 2.37. The summed E-state index contributed by atoms with van der Waals surface area (Å²) in [6.45, 7) is 8.10. The van der Waals surface area contributed by atoms with Crippen LogP contribution in [0.4, 0.5) is 11.5 Å². The molecule has 0 atom stereocenters. The van der Waals surface area contributed by atoms with Gasteiger partial charge in [0, 0.05) is 0 Å². The number of halogens is 1. The van der Waals surface area contributed by atoms with E-state index in [4.69, 9.17) is 11.6 Å². The van der Waals surface area contributed by atoms with Gasteiger partial charge >= 0.3 is 5.69 Å².